The van der Waals surface area contributed by atoms with Crippen LogP contribution in [-0.4, -0.2) is 23.6 Å². The Balaban J connectivity index is 2.97. The number of nitrogen functional groups attached to an aromatic ring is 1. The summed E-state index contributed by atoms with van der Waals surface area (Å²) < 4.78 is 4.84. The van der Waals surface area contributed by atoms with Gasteiger partial charge >= 0.3 is 0 Å². The van der Waals surface area contributed by atoms with Crippen molar-refractivity contribution in [3.63, 3.8) is 0 Å². The lowest BCUT2D eigenvalue weighted by Gasteiger charge is -2.02. The summed E-state index contributed by atoms with van der Waals surface area (Å²) >= 11 is 0. The number of nitro groups is 1. The quantitative estimate of drug-likeness (QED) is 0.568. The maximum atomic E-state index is 10.6. The van der Waals surface area contributed by atoms with E-state index in [9.17, 15) is 10.1 Å². The smallest absolute Gasteiger partial charge is 0.290 e. The molecule has 1 aromatic rings. The van der Waals surface area contributed by atoms with Crippen molar-refractivity contribution in [2.24, 2.45) is 0 Å². The first kappa shape index (κ1) is 10.4. The van der Waals surface area contributed by atoms with Crippen LogP contribution in [0.25, 0.3) is 0 Å². The first-order valence-corrected chi connectivity index (χ1v) is 4.03. The van der Waals surface area contributed by atoms with E-state index in [-0.39, 0.29) is 11.5 Å². The van der Waals surface area contributed by atoms with E-state index in [4.69, 9.17) is 10.5 Å². The van der Waals surface area contributed by atoms with Gasteiger partial charge in [-0.1, -0.05) is 0 Å². The van der Waals surface area contributed by atoms with Gasteiger partial charge in [-0.15, -0.1) is 0 Å². The highest BCUT2D eigenvalue weighted by Gasteiger charge is 2.13. The third-order valence-corrected chi connectivity index (χ3v) is 1.76. The highest BCUT2D eigenvalue weighted by Crippen LogP contribution is 2.19. The standard InChI is InChI=1S/C8H11N3O3/c1-14-3-2-6-4-8(9)10-5-7(6)11(12)13/h4-5H,2-3H2,1H3,(H2,9,10). The molecule has 6 nitrogen and oxygen atoms in total. The monoisotopic (exact) mass is 197 g/mol. The molecule has 76 valence electrons. The van der Waals surface area contributed by atoms with Crippen molar-refractivity contribution >= 4 is 11.5 Å². The molecule has 0 aliphatic rings. The molecule has 1 aromatic heterocycles. The van der Waals surface area contributed by atoms with Gasteiger partial charge in [-0.3, -0.25) is 10.1 Å². The Hall–Kier alpha value is -1.69. The van der Waals surface area contributed by atoms with E-state index < -0.39 is 4.92 Å². The van der Waals surface area contributed by atoms with Gasteiger partial charge in [0.2, 0.25) is 0 Å². The zero-order valence-electron chi connectivity index (χ0n) is 7.77. The van der Waals surface area contributed by atoms with Gasteiger partial charge in [0.1, 0.15) is 12.0 Å². The van der Waals surface area contributed by atoms with Crippen molar-refractivity contribution in [2.45, 2.75) is 6.42 Å². The summed E-state index contributed by atoms with van der Waals surface area (Å²) in [7, 11) is 1.54. The lowest BCUT2D eigenvalue weighted by molar-refractivity contribution is -0.385. The largest absolute Gasteiger partial charge is 0.384 e. The number of rotatable bonds is 4. The summed E-state index contributed by atoms with van der Waals surface area (Å²) in [5.41, 5.74) is 5.95. The highest BCUT2D eigenvalue weighted by molar-refractivity contribution is 5.45. The Morgan fingerprint density at radius 1 is 1.71 bits per heavy atom. The number of ether oxygens (including phenoxy) is 1. The minimum absolute atomic E-state index is 0.0174. The van der Waals surface area contributed by atoms with Crippen LogP contribution >= 0.6 is 0 Å². The molecule has 0 radical (unpaired) electrons. The van der Waals surface area contributed by atoms with Gasteiger partial charge in [0.05, 0.1) is 11.5 Å². The van der Waals surface area contributed by atoms with Crippen molar-refractivity contribution in [2.75, 3.05) is 19.5 Å². The van der Waals surface area contributed by atoms with Crippen molar-refractivity contribution in [3.8, 4) is 0 Å². The third-order valence-electron chi connectivity index (χ3n) is 1.76. The summed E-state index contributed by atoms with van der Waals surface area (Å²) in [6.45, 7) is 0.421. The van der Waals surface area contributed by atoms with Gasteiger partial charge in [-0.2, -0.15) is 0 Å². The summed E-state index contributed by atoms with van der Waals surface area (Å²) in [6.07, 6.45) is 1.62. The molecular formula is C8H11N3O3. The van der Waals surface area contributed by atoms with Crippen LogP contribution in [0.2, 0.25) is 0 Å². The van der Waals surface area contributed by atoms with Crippen LogP contribution in [0.4, 0.5) is 11.5 Å². The molecule has 0 saturated heterocycles. The fourth-order valence-electron chi connectivity index (χ4n) is 1.08. The van der Waals surface area contributed by atoms with E-state index in [2.05, 4.69) is 4.98 Å². The number of nitrogens with zero attached hydrogens (tertiary/aromatic N) is 2. The number of hydrogen-bond acceptors (Lipinski definition) is 5. The molecule has 14 heavy (non-hydrogen) atoms. The van der Waals surface area contributed by atoms with Crippen LogP contribution in [0.15, 0.2) is 12.3 Å². The Morgan fingerprint density at radius 3 is 3.00 bits per heavy atom. The first-order chi connectivity index (χ1) is 6.65. The summed E-state index contributed by atoms with van der Waals surface area (Å²) in [6, 6.07) is 1.50. The molecule has 0 bridgehead atoms. The van der Waals surface area contributed by atoms with Crippen LogP contribution in [0.5, 0.6) is 0 Å². The average molecular weight is 197 g/mol. The zero-order chi connectivity index (χ0) is 10.6. The molecule has 0 unspecified atom stereocenters. The predicted molar refractivity (Wildman–Crippen MR) is 50.9 cm³/mol. The van der Waals surface area contributed by atoms with Gasteiger partial charge in [0.25, 0.3) is 5.69 Å². The molecule has 0 fully saturated rings. The van der Waals surface area contributed by atoms with Gasteiger partial charge in [-0.25, -0.2) is 4.98 Å². The molecule has 0 saturated carbocycles. The number of pyridine rings is 1. The molecule has 0 atom stereocenters. The number of anilines is 1. The number of methoxy groups -OCH3 is 1. The SMILES string of the molecule is COCCc1cc(N)ncc1[N+](=O)[O-]. The summed E-state index contributed by atoms with van der Waals surface area (Å²) in [5.74, 6) is 0.279. The number of aromatic nitrogens is 1. The van der Waals surface area contributed by atoms with Crippen LogP contribution in [0, 0.1) is 10.1 Å². The lowest BCUT2D eigenvalue weighted by atomic mass is 10.1. The Morgan fingerprint density at radius 2 is 2.43 bits per heavy atom. The van der Waals surface area contributed by atoms with E-state index in [0.29, 0.717) is 18.6 Å². The van der Waals surface area contributed by atoms with Gasteiger partial charge < -0.3 is 10.5 Å². The van der Waals surface area contributed by atoms with Gasteiger partial charge in [0.15, 0.2) is 0 Å². The number of hydrogen-bond donors (Lipinski definition) is 1. The second-order valence-electron chi connectivity index (χ2n) is 2.74. The fourth-order valence-corrected chi connectivity index (χ4v) is 1.08. The minimum atomic E-state index is -0.475. The third kappa shape index (κ3) is 2.40. The van der Waals surface area contributed by atoms with Gasteiger partial charge in [-0.05, 0) is 6.07 Å². The summed E-state index contributed by atoms with van der Waals surface area (Å²) in [5, 5.41) is 10.6. The van der Waals surface area contributed by atoms with Crippen LogP contribution in [0.1, 0.15) is 5.56 Å². The van der Waals surface area contributed by atoms with Crippen LogP contribution in [0.3, 0.4) is 0 Å². The van der Waals surface area contributed by atoms with Crippen molar-refractivity contribution in [1.82, 2.24) is 4.98 Å². The summed E-state index contributed by atoms with van der Waals surface area (Å²) in [4.78, 5) is 13.8. The average Bonchev–Trinajstić information content (AvgIpc) is 2.14. The van der Waals surface area contributed by atoms with Crippen molar-refractivity contribution in [1.29, 1.82) is 0 Å². The second kappa shape index (κ2) is 4.52. The van der Waals surface area contributed by atoms with E-state index in [0.717, 1.165) is 0 Å². The van der Waals surface area contributed by atoms with Crippen molar-refractivity contribution in [3.05, 3.63) is 27.9 Å². The molecular weight excluding hydrogens is 186 g/mol. The first-order valence-electron chi connectivity index (χ1n) is 4.03. The van der Waals surface area contributed by atoms with E-state index in [1.165, 1.54) is 19.4 Å². The van der Waals surface area contributed by atoms with Crippen LogP contribution in [-0.2, 0) is 11.2 Å². The maximum absolute atomic E-state index is 10.6. The molecule has 0 spiro atoms. The Kier molecular flexibility index (Phi) is 3.35. The highest BCUT2D eigenvalue weighted by atomic mass is 16.6. The molecule has 2 N–H and O–H groups in total. The van der Waals surface area contributed by atoms with E-state index in [1.54, 1.807) is 0 Å². The predicted octanol–water partition coefficient (Wildman–Crippen LogP) is 0.761. The molecule has 6 heteroatoms. The minimum Gasteiger partial charge on any atom is -0.384 e. The number of nitrogens with two attached hydrogens (primary N) is 1. The molecule has 1 heterocycles. The fraction of sp³-hybridized carbons (Fsp3) is 0.375. The molecule has 0 aliphatic carbocycles. The van der Waals surface area contributed by atoms with E-state index in [1.807, 2.05) is 0 Å². The van der Waals surface area contributed by atoms with Crippen LogP contribution < -0.4 is 5.73 Å². The molecule has 1 rings (SSSR count). The Labute approximate surface area is 80.9 Å². The maximum Gasteiger partial charge on any atom is 0.290 e. The topological polar surface area (TPSA) is 91.3 Å². The normalized spacial score (nSPS) is 10.1. The van der Waals surface area contributed by atoms with Gasteiger partial charge in [0, 0.05) is 19.1 Å². The lowest BCUT2D eigenvalue weighted by Crippen LogP contribution is -2.02. The zero-order valence-corrected chi connectivity index (χ0v) is 7.77. The molecule has 0 amide bonds. The van der Waals surface area contributed by atoms with Crippen molar-refractivity contribution < 1.29 is 9.66 Å². The molecule has 0 aromatic carbocycles. The molecule has 0 aliphatic heterocycles. The van der Waals surface area contributed by atoms with E-state index >= 15 is 0 Å². The Bertz CT molecular complexity index is 341. The second-order valence-corrected chi connectivity index (χ2v) is 2.74.